The molecule has 3 rings (SSSR count). The molecule has 1 fully saturated rings. The Kier molecular flexibility index (Phi) is 9.92. The van der Waals surface area contributed by atoms with Gasteiger partial charge in [-0.2, -0.15) is 0 Å². The molecule has 208 valence electrons. The minimum atomic E-state index is -1.93. The maximum absolute atomic E-state index is 13.4. The van der Waals surface area contributed by atoms with Crippen molar-refractivity contribution >= 4 is 11.9 Å². The molecule has 0 bridgehead atoms. The number of carboxylic acids is 1. The second-order valence-corrected chi connectivity index (χ2v) is 9.26. The van der Waals surface area contributed by atoms with Crippen LogP contribution in [0, 0.1) is 0 Å². The standard InChI is InChI=1S/C27H34O11/c1-3-5-6-8-14-9-16(28)12-18(10-14)36-26(35)20-15(7-4-2)11-17(29)13-19(20)37-27-23(32)21(30)22(31)24(38-27)25(33)34/h9-13,21-24,27-32H,3-8H2,1-2H3,(H,33,34)/t21-,22+,23+,24-,27+/m0/s1. The number of ether oxygens (including phenoxy) is 3. The molecule has 0 aromatic heterocycles. The van der Waals surface area contributed by atoms with E-state index in [1.807, 2.05) is 6.92 Å². The van der Waals surface area contributed by atoms with Gasteiger partial charge in [0.2, 0.25) is 6.29 Å². The van der Waals surface area contributed by atoms with Gasteiger partial charge in [0.25, 0.3) is 0 Å². The molecule has 1 saturated heterocycles. The first-order chi connectivity index (χ1) is 18.0. The van der Waals surface area contributed by atoms with Crippen LogP contribution in [0.25, 0.3) is 0 Å². The van der Waals surface area contributed by atoms with E-state index in [1.165, 1.54) is 12.1 Å². The summed E-state index contributed by atoms with van der Waals surface area (Å²) in [6, 6.07) is 6.92. The van der Waals surface area contributed by atoms with Crippen LogP contribution < -0.4 is 9.47 Å². The third-order valence-electron chi connectivity index (χ3n) is 6.18. The summed E-state index contributed by atoms with van der Waals surface area (Å²) in [4.78, 5) is 24.8. The number of hydrogen-bond acceptors (Lipinski definition) is 10. The molecule has 1 aliphatic rings. The van der Waals surface area contributed by atoms with Gasteiger partial charge in [-0.25, -0.2) is 9.59 Å². The Hall–Kier alpha value is -3.38. The van der Waals surface area contributed by atoms with Crippen LogP contribution in [0.1, 0.15) is 61.0 Å². The monoisotopic (exact) mass is 534 g/mol. The van der Waals surface area contributed by atoms with Crippen LogP contribution in [0.5, 0.6) is 23.0 Å². The fourth-order valence-electron chi connectivity index (χ4n) is 4.31. The quantitative estimate of drug-likeness (QED) is 0.141. The topological polar surface area (TPSA) is 183 Å². The summed E-state index contributed by atoms with van der Waals surface area (Å²) in [6.45, 7) is 3.92. The SMILES string of the molecule is CCCCCc1cc(O)cc(OC(=O)c2c(CCC)cc(O)cc2O[C@@H]2O[C@H](C(=O)O)[C@H](O)[C@H](O)[C@H]2O)c1. The highest BCUT2D eigenvalue weighted by molar-refractivity contribution is 5.96. The smallest absolute Gasteiger partial charge is 0.347 e. The largest absolute Gasteiger partial charge is 0.508 e. The fourth-order valence-corrected chi connectivity index (χ4v) is 4.31. The number of phenols is 2. The number of unbranched alkanes of at least 4 members (excludes halogenated alkanes) is 2. The summed E-state index contributed by atoms with van der Waals surface area (Å²) in [5, 5.41) is 60.1. The van der Waals surface area contributed by atoms with Gasteiger partial charge in [0.15, 0.2) is 6.10 Å². The molecular weight excluding hydrogens is 500 g/mol. The number of carbonyl (C=O) groups is 2. The van der Waals surface area contributed by atoms with Crippen molar-refractivity contribution in [3.8, 4) is 23.0 Å². The second-order valence-electron chi connectivity index (χ2n) is 9.26. The number of benzene rings is 2. The van der Waals surface area contributed by atoms with Gasteiger partial charge >= 0.3 is 11.9 Å². The number of aliphatic carboxylic acids is 1. The summed E-state index contributed by atoms with van der Waals surface area (Å²) in [5.74, 6) is -3.06. The zero-order valence-electron chi connectivity index (χ0n) is 21.2. The average molecular weight is 535 g/mol. The molecule has 0 spiro atoms. The summed E-state index contributed by atoms with van der Waals surface area (Å²) < 4.78 is 16.4. The lowest BCUT2D eigenvalue weighted by Crippen LogP contribution is -2.61. The number of rotatable bonds is 11. The molecule has 2 aromatic rings. The van der Waals surface area contributed by atoms with E-state index >= 15 is 0 Å². The molecule has 6 N–H and O–H groups in total. The van der Waals surface area contributed by atoms with Crippen molar-refractivity contribution in [3.05, 3.63) is 47.0 Å². The normalized spacial score (nSPS) is 23.1. The number of aromatic hydroxyl groups is 2. The summed E-state index contributed by atoms with van der Waals surface area (Å²) >= 11 is 0. The van der Waals surface area contributed by atoms with Gasteiger partial charge in [-0.3, -0.25) is 0 Å². The number of carboxylic acid groups (broad SMARTS) is 1. The maximum Gasteiger partial charge on any atom is 0.347 e. The van der Waals surface area contributed by atoms with Crippen molar-refractivity contribution in [1.29, 1.82) is 0 Å². The zero-order chi connectivity index (χ0) is 28.0. The summed E-state index contributed by atoms with van der Waals surface area (Å²) in [5.41, 5.74) is 1.00. The van der Waals surface area contributed by atoms with E-state index in [1.54, 1.807) is 12.1 Å². The van der Waals surface area contributed by atoms with Crippen LogP contribution >= 0.6 is 0 Å². The lowest BCUT2D eigenvalue weighted by atomic mass is 9.98. The molecule has 11 nitrogen and oxygen atoms in total. The predicted octanol–water partition coefficient (Wildman–Crippen LogP) is 2.27. The van der Waals surface area contributed by atoms with E-state index in [4.69, 9.17) is 14.2 Å². The number of esters is 1. The van der Waals surface area contributed by atoms with E-state index < -0.39 is 42.6 Å². The number of aliphatic hydroxyl groups excluding tert-OH is 3. The predicted molar refractivity (Wildman–Crippen MR) is 133 cm³/mol. The highest BCUT2D eigenvalue weighted by Gasteiger charge is 2.48. The molecule has 1 heterocycles. The van der Waals surface area contributed by atoms with Crippen LogP contribution in [0.2, 0.25) is 0 Å². The number of phenolic OH excluding ortho intramolecular Hbond substituents is 2. The molecule has 0 aliphatic carbocycles. The number of hydrogen-bond donors (Lipinski definition) is 6. The Morgan fingerprint density at radius 1 is 0.868 bits per heavy atom. The van der Waals surface area contributed by atoms with E-state index in [2.05, 4.69) is 6.92 Å². The Bertz CT molecular complexity index is 1130. The number of aliphatic hydroxyl groups is 3. The Balaban J connectivity index is 1.95. The molecule has 0 unspecified atom stereocenters. The average Bonchev–Trinajstić information content (AvgIpc) is 2.84. The molecule has 0 amide bonds. The van der Waals surface area contributed by atoms with E-state index in [0.717, 1.165) is 30.9 Å². The maximum atomic E-state index is 13.4. The molecule has 0 radical (unpaired) electrons. The van der Waals surface area contributed by atoms with Gasteiger partial charge in [-0.05, 0) is 48.6 Å². The van der Waals surface area contributed by atoms with Crippen molar-refractivity contribution in [3.63, 3.8) is 0 Å². The summed E-state index contributed by atoms with van der Waals surface area (Å²) in [7, 11) is 0. The first-order valence-corrected chi connectivity index (χ1v) is 12.6. The number of aryl methyl sites for hydroxylation is 2. The van der Waals surface area contributed by atoms with Crippen LogP contribution in [-0.4, -0.2) is 73.3 Å². The minimum Gasteiger partial charge on any atom is -0.508 e. The number of carbonyl (C=O) groups excluding carboxylic acids is 1. The Labute approximate surface area is 219 Å². The van der Waals surface area contributed by atoms with Gasteiger partial charge in [-0.15, -0.1) is 0 Å². The van der Waals surface area contributed by atoms with Gasteiger partial charge in [0.05, 0.1) is 0 Å². The lowest BCUT2D eigenvalue weighted by Gasteiger charge is -2.38. The second kappa shape index (κ2) is 12.9. The van der Waals surface area contributed by atoms with Gasteiger partial charge in [0.1, 0.15) is 46.9 Å². The molecule has 1 aliphatic heterocycles. The van der Waals surface area contributed by atoms with Gasteiger partial charge in [0, 0.05) is 12.1 Å². The first kappa shape index (κ1) is 29.2. The van der Waals surface area contributed by atoms with Crippen molar-refractivity contribution in [2.45, 2.75) is 83.1 Å². The van der Waals surface area contributed by atoms with Crippen LogP contribution in [0.4, 0.5) is 0 Å². The van der Waals surface area contributed by atoms with Gasteiger partial charge < -0.3 is 44.8 Å². The highest BCUT2D eigenvalue weighted by Crippen LogP contribution is 2.34. The van der Waals surface area contributed by atoms with Crippen LogP contribution in [-0.2, 0) is 22.4 Å². The molecular formula is C27H34O11. The van der Waals surface area contributed by atoms with Gasteiger partial charge in [-0.1, -0.05) is 33.1 Å². The third kappa shape index (κ3) is 6.93. The summed E-state index contributed by atoms with van der Waals surface area (Å²) in [6.07, 6.45) is -4.95. The third-order valence-corrected chi connectivity index (χ3v) is 6.18. The Morgan fingerprint density at radius 2 is 1.58 bits per heavy atom. The van der Waals surface area contributed by atoms with E-state index in [0.29, 0.717) is 24.8 Å². The van der Waals surface area contributed by atoms with E-state index in [-0.39, 0.29) is 28.6 Å². The zero-order valence-corrected chi connectivity index (χ0v) is 21.2. The van der Waals surface area contributed by atoms with Crippen molar-refractivity contribution in [2.75, 3.05) is 0 Å². The molecule has 5 atom stereocenters. The first-order valence-electron chi connectivity index (χ1n) is 12.6. The van der Waals surface area contributed by atoms with E-state index in [9.17, 15) is 40.2 Å². The fraction of sp³-hybridized carbons (Fsp3) is 0.481. The molecule has 11 heteroatoms. The molecule has 2 aromatic carbocycles. The van der Waals surface area contributed by atoms with Crippen LogP contribution in [0.3, 0.4) is 0 Å². The Morgan fingerprint density at radius 3 is 2.24 bits per heavy atom. The molecule has 0 saturated carbocycles. The molecule has 38 heavy (non-hydrogen) atoms. The van der Waals surface area contributed by atoms with Crippen molar-refractivity contribution in [2.24, 2.45) is 0 Å². The van der Waals surface area contributed by atoms with Crippen molar-refractivity contribution in [1.82, 2.24) is 0 Å². The van der Waals surface area contributed by atoms with Crippen LogP contribution in [0.15, 0.2) is 30.3 Å². The van der Waals surface area contributed by atoms with Crippen molar-refractivity contribution < 1.29 is 54.4 Å². The minimum absolute atomic E-state index is 0.0799. The lowest BCUT2D eigenvalue weighted by molar-refractivity contribution is -0.271. The highest BCUT2D eigenvalue weighted by atomic mass is 16.7.